The van der Waals surface area contributed by atoms with E-state index >= 15 is 0 Å². The van der Waals surface area contributed by atoms with E-state index in [0.717, 1.165) is 25.1 Å². The first-order chi connectivity index (χ1) is 10.7. The Labute approximate surface area is 127 Å². The molecule has 6 heteroatoms. The summed E-state index contributed by atoms with van der Waals surface area (Å²) in [5.41, 5.74) is -0.153. The van der Waals surface area contributed by atoms with E-state index in [2.05, 4.69) is 9.97 Å². The van der Waals surface area contributed by atoms with Gasteiger partial charge in [-0.2, -0.15) is 0 Å². The van der Waals surface area contributed by atoms with Crippen LogP contribution in [0.5, 0.6) is 5.75 Å². The van der Waals surface area contributed by atoms with Gasteiger partial charge in [-0.3, -0.25) is 0 Å². The van der Waals surface area contributed by atoms with E-state index in [-0.39, 0.29) is 11.6 Å². The topological polar surface area (TPSA) is 38.2 Å². The van der Waals surface area contributed by atoms with Crippen LogP contribution in [0.15, 0.2) is 42.7 Å². The summed E-state index contributed by atoms with van der Waals surface area (Å²) in [7, 11) is 0. The summed E-state index contributed by atoms with van der Waals surface area (Å²) < 4.78 is 30.9. The Morgan fingerprint density at radius 3 is 2.59 bits per heavy atom. The third-order valence-electron chi connectivity index (χ3n) is 3.73. The van der Waals surface area contributed by atoms with Gasteiger partial charge in [-0.25, -0.2) is 18.7 Å². The maximum atomic E-state index is 12.5. The zero-order chi connectivity index (χ0) is 15.4. The van der Waals surface area contributed by atoms with Gasteiger partial charge in [-0.1, -0.05) is 18.2 Å². The predicted octanol–water partition coefficient (Wildman–Crippen LogP) is 3.46. The van der Waals surface area contributed by atoms with Crippen molar-refractivity contribution in [1.82, 2.24) is 9.97 Å². The van der Waals surface area contributed by atoms with Gasteiger partial charge in [0, 0.05) is 18.9 Å². The van der Waals surface area contributed by atoms with E-state index in [1.54, 1.807) is 0 Å². The lowest BCUT2D eigenvalue weighted by Gasteiger charge is -2.24. The molecule has 1 aromatic heterocycles. The molecule has 22 heavy (non-hydrogen) atoms. The number of rotatable bonds is 5. The first-order valence-electron chi connectivity index (χ1n) is 7.28. The molecule has 1 aliphatic heterocycles. The maximum absolute atomic E-state index is 12.5. The average molecular weight is 305 g/mol. The molecule has 0 unspecified atom stereocenters. The Balaban J connectivity index is 1.65. The standard InChI is InChI=1S/C16H17F2N3O/c17-15(18)12-9-19-16(20-10-12)21-8-4-5-13(21)11-22-14-6-2-1-3-7-14/h1-3,6-7,9-10,13,15H,4-5,8,11H2/t13-/m0/s1. The van der Waals surface area contributed by atoms with E-state index in [4.69, 9.17) is 4.74 Å². The highest BCUT2D eigenvalue weighted by molar-refractivity contribution is 5.34. The second-order valence-corrected chi connectivity index (χ2v) is 5.23. The third kappa shape index (κ3) is 3.32. The number of anilines is 1. The van der Waals surface area contributed by atoms with Crippen molar-refractivity contribution in [3.05, 3.63) is 48.3 Å². The smallest absolute Gasteiger partial charge is 0.266 e. The van der Waals surface area contributed by atoms with Gasteiger partial charge in [-0.05, 0) is 25.0 Å². The monoisotopic (exact) mass is 305 g/mol. The molecule has 0 spiro atoms. The minimum absolute atomic E-state index is 0.153. The summed E-state index contributed by atoms with van der Waals surface area (Å²) in [6, 6.07) is 9.77. The van der Waals surface area contributed by atoms with Crippen LogP contribution in [0.1, 0.15) is 24.8 Å². The average Bonchev–Trinajstić information content (AvgIpc) is 3.02. The van der Waals surface area contributed by atoms with Crippen LogP contribution in [0, 0.1) is 0 Å². The number of nitrogens with zero attached hydrogens (tertiary/aromatic N) is 3. The molecule has 1 atom stereocenters. The Kier molecular flexibility index (Phi) is 4.46. The van der Waals surface area contributed by atoms with E-state index in [0.29, 0.717) is 12.6 Å². The molecule has 1 aromatic carbocycles. The highest BCUT2D eigenvalue weighted by Crippen LogP contribution is 2.24. The second-order valence-electron chi connectivity index (χ2n) is 5.23. The molecule has 3 rings (SSSR count). The molecule has 4 nitrogen and oxygen atoms in total. The lowest BCUT2D eigenvalue weighted by atomic mass is 10.2. The lowest BCUT2D eigenvalue weighted by Crippen LogP contribution is -2.35. The van der Waals surface area contributed by atoms with Crippen LogP contribution in [-0.2, 0) is 0 Å². The Morgan fingerprint density at radius 2 is 1.91 bits per heavy atom. The molecule has 0 saturated carbocycles. The number of alkyl halides is 2. The number of hydrogen-bond acceptors (Lipinski definition) is 4. The van der Waals surface area contributed by atoms with Crippen LogP contribution in [0.25, 0.3) is 0 Å². The fourth-order valence-corrected chi connectivity index (χ4v) is 2.57. The van der Waals surface area contributed by atoms with Crippen LogP contribution < -0.4 is 9.64 Å². The van der Waals surface area contributed by atoms with Gasteiger partial charge in [0.25, 0.3) is 6.43 Å². The predicted molar refractivity (Wildman–Crippen MR) is 79.3 cm³/mol. The van der Waals surface area contributed by atoms with Gasteiger partial charge in [0.05, 0.1) is 11.6 Å². The molecular formula is C16H17F2N3O. The van der Waals surface area contributed by atoms with Gasteiger partial charge in [0.15, 0.2) is 0 Å². The van der Waals surface area contributed by atoms with E-state index < -0.39 is 6.43 Å². The minimum Gasteiger partial charge on any atom is -0.491 e. The van der Waals surface area contributed by atoms with E-state index in [9.17, 15) is 8.78 Å². The van der Waals surface area contributed by atoms with Gasteiger partial charge >= 0.3 is 0 Å². The number of aromatic nitrogens is 2. The molecule has 2 aromatic rings. The molecular weight excluding hydrogens is 288 g/mol. The van der Waals surface area contributed by atoms with Crippen LogP contribution in [-0.4, -0.2) is 29.2 Å². The van der Waals surface area contributed by atoms with Crippen LogP contribution in [0.4, 0.5) is 14.7 Å². The zero-order valence-corrected chi connectivity index (χ0v) is 12.0. The molecule has 116 valence electrons. The number of ether oxygens (including phenoxy) is 1. The molecule has 1 aliphatic rings. The zero-order valence-electron chi connectivity index (χ0n) is 12.0. The normalized spacial score (nSPS) is 18.0. The molecule has 0 radical (unpaired) electrons. The van der Waals surface area contributed by atoms with E-state index in [1.165, 1.54) is 12.4 Å². The molecule has 1 fully saturated rings. The van der Waals surface area contributed by atoms with Crippen LogP contribution in [0.2, 0.25) is 0 Å². The summed E-state index contributed by atoms with van der Waals surface area (Å²) in [5.74, 6) is 1.31. The molecule has 0 aliphatic carbocycles. The maximum Gasteiger partial charge on any atom is 0.266 e. The summed E-state index contributed by atoms with van der Waals surface area (Å²) in [5, 5.41) is 0. The fourth-order valence-electron chi connectivity index (χ4n) is 2.57. The van der Waals surface area contributed by atoms with Gasteiger partial charge < -0.3 is 9.64 Å². The van der Waals surface area contributed by atoms with Crippen LogP contribution in [0.3, 0.4) is 0 Å². The molecule has 0 N–H and O–H groups in total. The van der Waals surface area contributed by atoms with Crippen molar-refractivity contribution in [3.63, 3.8) is 0 Å². The van der Waals surface area contributed by atoms with Crippen molar-refractivity contribution < 1.29 is 13.5 Å². The van der Waals surface area contributed by atoms with Crippen molar-refractivity contribution in [3.8, 4) is 5.75 Å². The van der Waals surface area contributed by atoms with Crippen molar-refractivity contribution in [2.75, 3.05) is 18.1 Å². The number of hydrogen-bond donors (Lipinski definition) is 0. The number of para-hydroxylation sites is 1. The summed E-state index contributed by atoms with van der Waals surface area (Å²) >= 11 is 0. The first kappa shape index (κ1) is 14.7. The molecule has 1 saturated heterocycles. The second kappa shape index (κ2) is 6.68. The number of halogens is 2. The largest absolute Gasteiger partial charge is 0.491 e. The van der Waals surface area contributed by atoms with Crippen molar-refractivity contribution in [2.24, 2.45) is 0 Å². The van der Waals surface area contributed by atoms with Gasteiger partial charge in [-0.15, -0.1) is 0 Å². The quantitative estimate of drug-likeness (QED) is 0.848. The Hall–Kier alpha value is -2.24. The van der Waals surface area contributed by atoms with Crippen molar-refractivity contribution in [2.45, 2.75) is 25.3 Å². The van der Waals surface area contributed by atoms with Crippen LogP contribution >= 0.6 is 0 Å². The lowest BCUT2D eigenvalue weighted by molar-refractivity contribution is 0.150. The highest BCUT2D eigenvalue weighted by Gasteiger charge is 2.27. The Morgan fingerprint density at radius 1 is 1.18 bits per heavy atom. The fraction of sp³-hybridized carbons (Fsp3) is 0.375. The first-order valence-corrected chi connectivity index (χ1v) is 7.28. The third-order valence-corrected chi connectivity index (χ3v) is 3.73. The van der Waals surface area contributed by atoms with Gasteiger partial charge in [0.1, 0.15) is 12.4 Å². The van der Waals surface area contributed by atoms with Gasteiger partial charge in [0.2, 0.25) is 5.95 Å². The highest BCUT2D eigenvalue weighted by atomic mass is 19.3. The van der Waals surface area contributed by atoms with Crippen molar-refractivity contribution in [1.29, 1.82) is 0 Å². The molecule has 0 bridgehead atoms. The van der Waals surface area contributed by atoms with E-state index in [1.807, 2.05) is 35.2 Å². The SMILES string of the molecule is FC(F)c1cnc(N2CCC[C@H]2COc2ccccc2)nc1. The summed E-state index contributed by atoms with van der Waals surface area (Å²) in [4.78, 5) is 10.2. The summed E-state index contributed by atoms with van der Waals surface area (Å²) in [6.07, 6.45) is 1.85. The Bertz CT molecular complexity index is 592. The molecule has 2 heterocycles. The summed E-state index contributed by atoms with van der Waals surface area (Å²) in [6.45, 7) is 1.35. The van der Waals surface area contributed by atoms with Crippen molar-refractivity contribution >= 4 is 5.95 Å². The number of benzene rings is 1. The molecule has 0 amide bonds. The minimum atomic E-state index is -2.54.